The van der Waals surface area contributed by atoms with Crippen molar-refractivity contribution in [1.29, 1.82) is 0 Å². The molecule has 2 unspecified atom stereocenters. The third kappa shape index (κ3) is 3.25. The van der Waals surface area contributed by atoms with Crippen LogP contribution in [0, 0.1) is 11.8 Å². The first kappa shape index (κ1) is 12.9. The second kappa shape index (κ2) is 5.58. The highest BCUT2D eigenvalue weighted by molar-refractivity contribution is 4.86. The standard InChI is InChI=1S/C10H22O3/c1-4-10(13,7-12)9(5-6-11)8(2)3/h8-9,11-13H,4-7H2,1-3H3. The van der Waals surface area contributed by atoms with Crippen molar-refractivity contribution in [2.75, 3.05) is 13.2 Å². The number of aliphatic hydroxyl groups excluding tert-OH is 2. The Hall–Kier alpha value is -0.120. The van der Waals surface area contributed by atoms with Crippen LogP contribution in [0.25, 0.3) is 0 Å². The Kier molecular flexibility index (Phi) is 5.53. The van der Waals surface area contributed by atoms with E-state index in [2.05, 4.69) is 0 Å². The lowest BCUT2D eigenvalue weighted by molar-refractivity contribution is -0.0851. The molecule has 0 aliphatic rings. The molecule has 0 saturated carbocycles. The van der Waals surface area contributed by atoms with Crippen LogP contribution in [0.2, 0.25) is 0 Å². The van der Waals surface area contributed by atoms with Gasteiger partial charge < -0.3 is 15.3 Å². The lowest BCUT2D eigenvalue weighted by atomic mass is 9.76. The van der Waals surface area contributed by atoms with Crippen LogP contribution in [0.1, 0.15) is 33.6 Å². The van der Waals surface area contributed by atoms with E-state index in [-0.39, 0.29) is 25.0 Å². The average molecular weight is 190 g/mol. The number of aliphatic hydroxyl groups is 3. The molecule has 0 saturated heterocycles. The van der Waals surface area contributed by atoms with E-state index >= 15 is 0 Å². The highest BCUT2D eigenvalue weighted by Gasteiger charge is 2.35. The van der Waals surface area contributed by atoms with Gasteiger partial charge in [0.2, 0.25) is 0 Å². The molecule has 0 radical (unpaired) electrons. The van der Waals surface area contributed by atoms with Crippen LogP contribution >= 0.6 is 0 Å². The second-order valence-electron chi connectivity index (χ2n) is 3.98. The molecule has 0 aromatic rings. The number of hydrogen-bond acceptors (Lipinski definition) is 3. The van der Waals surface area contributed by atoms with E-state index in [0.717, 1.165) is 0 Å². The summed E-state index contributed by atoms with van der Waals surface area (Å²) >= 11 is 0. The van der Waals surface area contributed by atoms with Crippen molar-refractivity contribution in [2.24, 2.45) is 11.8 Å². The van der Waals surface area contributed by atoms with Crippen LogP contribution in [0.4, 0.5) is 0 Å². The zero-order valence-corrected chi connectivity index (χ0v) is 8.82. The zero-order chi connectivity index (χ0) is 10.5. The zero-order valence-electron chi connectivity index (χ0n) is 8.82. The predicted octanol–water partition coefficient (Wildman–Crippen LogP) is 0.774. The lowest BCUT2D eigenvalue weighted by Crippen LogP contribution is -2.44. The van der Waals surface area contributed by atoms with E-state index in [4.69, 9.17) is 10.2 Å². The Morgan fingerprint density at radius 2 is 1.77 bits per heavy atom. The lowest BCUT2D eigenvalue weighted by Gasteiger charge is -2.36. The summed E-state index contributed by atoms with van der Waals surface area (Å²) in [7, 11) is 0. The predicted molar refractivity (Wildman–Crippen MR) is 52.4 cm³/mol. The summed E-state index contributed by atoms with van der Waals surface area (Å²) in [4.78, 5) is 0. The fourth-order valence-corrected chi connectivity index (χ4v) is 1.85. The van der Waals surface area contributed by atoms with Crippen molar-refractivity contribution in [2.45, 2.75) is 39.2 Å². The topological polar surface area (TPSA) is 60.7 Å². The van der Waals surface area contributed by atoms with Crippen molar-refractivity contribution in [3.8, 4) is 0 Å². The van der Waals surface area contributed by atoms with E-state index in [0.29, 0.717) is 12.8 Å². The van der Waals surface area contributed by atoms with Gasteiger partial charge in [-0.05, 0) is 24.7 Å². The molecule has 0 aromatic carbocycles. The minimum absolute atomic E-state index is 0.0347. The molecule has 0 aliphatic heterocycles. The van der Waals surface area contributed by atoms with Gasteiger partial charge in [0, 0.05) is 6.61 Å². The van der Waals surface area contributed by atoms with Gasteiger partial charge in [0.25, 0.3) is 0 Å². The van der Waals surface area contributed by atoms with Crippen LogP contribution in [0.5, 0.6) is 0 Å². The summed E-state index contributed by atoms with van der Waals surface area (Å²) in [5.41, 5.74) is -1.03. The molecule has 2 atom stereocenters. The van der Waals surface area contributed by atoms with Gasteiger partial charge in [-0.3, -0.25) is 0 Å². The molecule has 0 spiro atoms. The van der Waals surface area contributed by atoms with Crippen LogP contribution in [0.15, 0.2) is 0 Å². The first-order valence-corrected chi connectivity index (χ1v) is 4.96. The molecule has 3 N–H and O–H groups in total. The summed E-state index contributed by atoms with van der Waals surface area (Å²) in [6, 6.07) is 0. The minimum Gasteiger partial charge on any atom is -0.396 e. The minimum atomic E-state index is -1.03. The quantitative estimate of drug-likeness (QED) is 0.580. The summed E-state index contributed by atoms with van der Waals surface area (Å²) < 4.78 is 0. The monoisotopic (exact) mass is 190 g/mol. The largest absolute Gasteiger partial charge is 0.396 e. The summed E-state index contributed by atoms with van der Waals surface area (Å²) in [5, 5.41) is 28.0. The number of hydrogen-bond donors (Lipinski definition) is 3. The van der Waals surface area contributed by atoms with Gasteiger partial charge in [-0.2, -0.15) is 0 Å². The van der Waals surface area contributed by atoms with Gasteiger partial charge in [0.1, 0.15) is 0 Å². The smallest absolute Gasteiger partial charge is 0.0906 e. The van der Waals surface area contributed by atoms with Crippen molar-refractivity contribution in [3.63, 3.8) is 0 Å². The van der Waals surface area contributed by atoms with E-state index in [1.165, 1.54) is 0 Å². The molecule has 80 valence electrons. The number of rotatable bonds is 6. The maximum absolute atomic E-state index is 10.0. The van der Waals surface area contributed by atoms with Crippen molar-refractivity contribution < 1.29 is 15.3 Å². The van der Waals surface area contributed by atoms with Gasteiger partial charge in [-0.1, -0.05) is 20.8 Å². The van der Waals surface area contributed by atoms with Crippen LogP contribution in [0.3, 0.4) is 0 Å². The summed E-state index contributed by atoms with van der Waals surface area (Å²) in [5.74, 6) is 0.233. The first-order valence-electron chi connectivity index (χ1n) is 4.96. The van der Waals surface area contributed by atoms with Gasteiger partial charge in [-0.15, -0.1) is 0 Å². The Morgan fingerprint density at radius 1 is 1.23 bits per heavy atom. The van der Waals surface area contributed by atoms with E-state index in [1.54, 1.807) is 0 Å². The van der Waals surface area contributed by atoms with E-state index in [1.807, 2.05) is 20.8 Å². The van der Waals surface area contributed by atoms with Gasteiger partial charge >= 0.3 is 0 Å². The van der Waals surface area contributed by atoms with Crippen LogP contribution < -0.4 is 0 Å². The maximum Gasteiger partial charge on any atom is 0.0906 e. The Bertz CT molecular complexity index is 130. The molecule has 3 heteroatoms. The fraction of sp³-hybridized carbons (Fsp3) is 1.00. The Labute approximate surface area is 80.4 Å². The third-order valence-corrected chi connectivity index (χ3v) is 2.82. The van der Waals surface area contributed by atoms with Gasteiger partial charge in [0.05, 0.1) is 12.2 Å². The van der Waals surface area contributed by atoms with Gasteiger partial charge in [0.15, 0.2) is 0 Å². The molecule has 13 heavy (non-hydrogen) atoms. The molecule has 0 rings (SSSR count). The molecular weight excluding hydrogens is 168 g/mol. The molecule has 0 aliphatic carbocycles. The second-order valence-corrected chi connectivity index (χ2v) is 3.98. The summed E-state index contributed by atoms with van der Waals surface area (Å²) in [6.45, 7) is 5.67. The highest BCUT2D eigenvalue weighted by atomic mass is 16.3. The normalized spacial score (nSPS) is 18.7. The van der Waals surface area contributed by atoms with Crippen molar-refractivity contribution in [3.05, 3.63) is 0 Å². The molecular formula is C10H22O3. The average Bonchev–Trinajstić information content (AvgIpc) is 2.12. The third-order valence-electron chi connectivity index (χ3n) is 2.82. The molecule has 0 heterocycles. The first-order chi connectivity index (χ1) is 6.01. The highest BCUT2D eigenvalue weighted by Crippen LogP contribution is 2.30. The Balaban J connectivity index is 4.48. The molecule has 0 aromatic heterocycles. The maximum atomic E-state index is 10.0. The Morgan fingerprint density at radius 3 is 2.00 bits per heavy atom. The molecule has 0 bridgehead atoms. The summed E-state index contributed by atoms with van der Waals surface area (Å²) in [6.07, 6.45) is 1.06. The van der Waals surface area contributed by atoms with Crippen molar-refractivity contribution >= 4 is 0 Å². The van der Waals surface area contributed by atoms with Crippen LogP contribution in [-0.4, -0.2) is 34.1 Å². The molecule has 0 amide bonds. The SMILES string of the molecule is CCC(O)(CO)C(CCO)C(C)C. The van der Waals surface area contributed by atoms with Crippen LogP contribution in [-0.2, 0) is 0 Å². The fourth-order valence-electron chi connectivity index (χ4n) is 1.85. The van der Waals surface area contributed by atoms with Crippen molar-refractivity contribution in [1.82, 2.24) is 0 Å². The van der Waals surface area contributed by atoms with E-state index in [9.17, 15) is 5.11 Å². The molecule has 3 nitrogen and oxygen atoms in total. The van der Waals surface area contributed by atoms with Gasteiger partial charge in [-0.25, -0.2) is 0 Å². The molecule has 0 fully saturated rings. The van der Waals surface area contributed by atoms with E-state index < -0.39 is 5.60 Å².